The van der Waals surface area contributed by atoms with Crippen molar-refractivity contribution in [3.8, 4) is 5.75 Å². The Labute approximate surface area is 129 Å². The van der Waals surface area contributed by atoms with E-state index in [1.54, 1.807) is 31.4 Å². The minimum atomic E-state index is -1.22. The van der Waals surface area contributed by atoms with E-state index in [1.165, 1.54) is 14.0 Å². The zero-order valence-electron chi connectivity index (χ0n) is 13.0. The second kappa shape index (κ2) is 8.35. The topological polar surface area (TPSA) is 96.9 Å². The van der Waals surface area contributed by atoms with Crippen molar-refractivity contribution in [2.75, 3.05) is 27.4 Å². The number of aliphatic hydroxyl groups is 1. The molecule has 0 saturated carbocycles. The van der Waals surface area contributed by atoms with Crippen LogP contribution in [0.1, 0.15) is 12.5 Å². The van der Waals surface area contributed by atoms with E-state index in [0.717, 1.165) is 5.56 Å². The summed E-state index contributed by atoms with van der Waals surface area (Å²) in [6.45, 7) is 1.72. The zero-order chi connectivity index (χ0) is 16.6. The number of hydrogen-bond acceptors (Lipinski definition) is 5. The van der Waals surface area contributed by atoms with Crippen molar-refractivity contribution in [3.05, 3.63) is 29.8 Å². The molecule has 1 aromatic carbocycles. The summed E-state index contributed by atoms with van der Waals surface area (Å²) in [5.74, 6) is -0.845. The monoisotopic (exact) mass is 310 g/mol. The zero-order valence-corrected chi connectivity index (χ0v) is 13.0. The van der Waals surface area contributed by atoms with E-state index in [2.05, 4.69) is 10.6 Å². The molecule has 22 heavy (non-hydrogen) atoms. The summed E-state index contributed by atoms with van der Waals surface area (Å²) in [6.07, 6.45) is 0. The van der Waals surface area contributed by atoms with Crippen LogP contribution in [0.15, 0.2) is 24.3 Å². The lowest BCUT2D eigenvalue weighted by atomic mass is 10.1. The molecule has 1 aromatic rings. The molecule has 7 nitrogen and oxygen atoms in total. The van der Waals surface area contributed by atoms with E-state index >= 15 is 0 Å². The highest BCUT2D eigenvalue weighted by Crippen LogP contribution is 2.10. The molecule has 2 amide bonds. The van der Waals surface area contributed by atoms with Crippen molar-refractivity contribution >= 4 is 11.8 Å². The first-order valence-electron chi connectivity index (χ1n) is 6.78. The van der Waals surface area contributed by atoms with Gasteiger partial charge in [0.05, 0.1) is 13.7 Å². The Bertz CT molecular complexity index is 499. The van der Waals surface area contributed by atoms with Gasteiger partial charge in [-0.05, 0) is 24.6 Å². The molecule has 1 atom stereocenters. The summed E-state index contributed by atoms with van der Waals surface area (Å²) in [5.41, 5.74) is -0.381. The average molecular weight is 310 g/mol. The lowest BCUT2D eigenvalue weighted by Crippen LogP contribution is -2.48. The largest absolute Gasteiger partial charge is 0.497 e. The van der Waals surface area contributed by atoms with Gasteiger partial charge in [0, 0.05) is 20.2 Å². The lowest BCUT2D eigenvalue weighted by Gasteiger charge is -2.22. The van der Waals surface area contributed by atoms with Crippen LogP contribution in [0.25, 0.3) is 0 Å². The van der Waals surface area contributed by atoms with Gasteiger partial charge in [0.25, 0.3) is 0 Å². The molecule has 0 heterocycles. The van der Waals surface area contributed by atoms with Crippen molar-refractivity contribution in [3.63, 3.8) is 0 Å². The van der Waals surface area contributed by atoms with Gasteiger partial charge in [0.15, 0.2) is 0 Å². The Balaban J connectivity index is 2.39. The van der Waals surface area contributed by atoms with E-state index in [1.807, 2.05) is 0 Å². The normalized spacial score (nSPS) is 13.1. The molecule has 0 spiro atoms. The second-order valence-electron chi connectivity index (χ2n) is 5.14. The fourth-order valence-electron chi connectivity index (χ4n) is 1.72. The van der Waals surface area contributed by atoms with Crippen molar-refractivity contribution in [1.29, 1.82) is 0 Å². The Morgan fingerprint density at radius 1 is 1.14 bits per heavy atom. The summed E-state index contributed by atoms with van der Waals surface area (Å²) >= 11 is 0. The number of benzene rings is 1. The number of methoxy groups -OCH3 is 2. The first-order chi connectivity index (χ1) is 10.4. The van der Waals surface area contributed by atoms with Crippen LogP contribution in [-0.4, -0.2) is 49.9 Å². The van der Waals surface area contributed by atoms with Crippen LogP contribution in [-0.2, 0) is 20.9 Å². The minimum Gasteiger partial charge on any atom is -0.497 e. The maximum absolute atomic E-state index is 11.7. The van der Waals surface area contributed by atoms with Crippen LogP contribution < -0.4 is 15.4 Å². The summed E-state index contributed by atoms with van der Waals surface area (Å²) in [4.78, 5) is 23.3. The first kappa shape index (κ1) is 17.9. The van der Waals surface area contributed by atoms with Gasteiger partial charge in [-0.15, -0.1) is 0 Å². The third-order valence-electron chi connectivity index (χ3n) is 2.90. The van der Waals surface area contributed by atoms with Crippen LogP contribution in [0.3, 0.4) is 0 Å². The second-order valence-corrected chi connectivity index (χ2v) is 5.14. The molecule has 0 aromatic heterocycles. The molecule has 0 aliphatic heterocycles. The predicted molar refractivity (Wildman–Crippen MR) is 80.4 cm³/mol. The molecule has 7 heteroatoms. The molecular formula is C15H22N2O5. The average Bonchev–Trinajstić information content (AvgIpc) is 2.50. The first-order valence-corrected chi connectivity index (χ1v) is 6.78. The SMILES string of the molecule is COCC(C)(O)CNC(=O)C(=O)NCc1ccc(OC)cc1. The Kier molecular flexibility index (Phi) is 6.81. The van der Waals surface area contributed by atoms with E-state index < -0.39 is 17.4 Å². The molecule has 1 unspecified atom stereocenters. The number of nitrogens with one attached hydrogen (secondary N) is 2. The summed E-state index contributed by atoms with van der Waals surface area (Å²) in [5, 5.41) is 14.7. The Morgan fingerprint density at radius 2 is 1.73 bits per heavy atom. The van der Waals surface area contributed by atoms with Crippen molar-refractivity contribution in [1.82, 2.24) is 10.6 Å². The third-order valence-corrected chi connectivity index (χ3v) is 2.90. The summed E-state index contributed by atoms with van der Waals surface area (Å²) in [7, 11) is 3.01. The highest BCUT2D eigenvalue weighted by atomic mass is 16.5. The van der Waals surface area contributed by atoms with E-state index in [9.17, 15) is 14.7 Å². The number of hydrogen-bond donors (Lipinski definition) is 3. The third kappa shape index (κ3) is 6.11. The summed E-state index contributed by atoms with van der Waals surface area (Å²) in [6, 6.07) is 7.12. The standard InChI is InChI=1S/C15H22N2O5/c1-15(20,10-21-2)9-17-14(19)13(18)16-8-11-4-6-12(22-3)7-5-11/h4-7,20H,8-10H2,1-3H3,(H,16,18)(H,17,19). The number of amides is 2. The molecule has 1 rings (SSSR count). The quantitative estimate of drug-likeness (QED) is 0.607. The fourth-order valence-corrected chi connectivity index (χ4v) is 1.72. The van der Waals surface area contributed by atoms with Gasteiger partial charge in [0.2, 0.25) is 0 Å². The van der Waals surface area contributed by atoms with Gasteiger partial charge in [-0.2, -0.15) is 0 Å². The Hall–Kier alpha value is -2.12. The lowest BCUT2D eigenvalue weighted by molar-refractivity contribution is -0.140. The van der Waals surface area contributed by atoms with Gasteiger partial charge in [-0.25, -0.2) is 0 Å². The molecule has 122 valence electrons. The Morgan fingerprint density at radius 3 is 2.27 bits per heavy atom. The van der Waals surface area contributed by atoms with E-state index in [0.29, 0.717) is 5.75 Å². The number of rotatable bonds is 7. The number of ether oxygens (including phenoxy) is 2. The predicted octanol–water partition coefficient (Wildman–Crippen LogP) is -0.175. The molecule has 0 bridgehead atoms. The fraction of sp³-hybridized carbons (Fsp3) is 0.467. The van der Waals surface area contributed by atoms with Gasteiger partial charge < -0.3 is 25.2 Å². The smallest absolute Gasteiger partial charge is 0.309 e. The molecule has 3 N–H and O–H groups in total. The van der Waals surface area contributed by atoms with Crippen LogP contribution in [0.2, 0.25) is 0 Å². The van der Waals surface area contributed by atoms with Crippen LogP contribution in [0, 0.1) is 0 Å². The molecule has 0 radical (unpaired) electrons. The maximum Gasteiger partial charge on any atom is 0.309 e. The molecule has 0 aliphatic carbocycles. The number of carbonyl (C=O) groups excluding carboxylic acids is 2. The maximum atomic E-state index is 11.7. The van der Waals surface area contributed by atoms with E-state index in [4.69, 9.17) is 9.47 Å². The molecule has 0 fully saturated rings. The summed E-state index contributed by atoms with van der Waals surface area (Å²) < 4.78 is 9.84. The van der Waals surface area contributed by atoms with Crippen molar-refractivity contribution < 1.29 is 24.2 Å². The van der Waals surface area contributed by atoms with Crippen LogP contribution in [0.5, 0.6) is 5.75 Å². The van der Waals surface area contributed by atoms with Crippen LogP contribution >= 0.6 is 0 Å². The minimum absolute atomic E-state index is 0.0563. The highest BCUT2D eigenvalue weighted by molar-refractivity contribution is 6.35. The molecule has 0 aliphatic rings. The van der Waals surface area contributed by atoms with Gasteiger partial charge in [-0.1, -0.05) is 12.1 Å². The van der Waals surface area contributed by atoms with Crippen LogP contribution in [0.4, 0.5) is 0 Å². The van der Waals surface area contributed by atoms with Gasteiger partial charge >= 0.3 is 11.8 Å². The molecule has 0 saturated heterocycles. The van der Waals surface area contributed by atoms with Gasteiger partial charge in [-0.3, -0.25) is 9.59 Å². The number of carbonyl (C=O) groups is 2. The van der Waals surface area contributed by atoms with Crippen molar-refractivity contribution in [2.24, 2.45) is 0 Å². The highest BCUT2D eigenvalue weighted by Gasteiger charge is 2.23. The van der Waals surface area contributed by atoms with E-state index in [-0.39, 0.29) is 19.7 Å². The molecular weight excluding hydrogens is 288 g/mol. The van der Waals surface area contributed by atoms with Gasteiger partial charge in [0.1, 0.15) is 11.4 Å². The van der Waals surface area contributed by atoms with Crippen molar-refractivity contribution in [2.45, 2.75) is 19.1 Å².